The van der Waals surface area contributed by atoms with Crippen LogP contribution < -0.4 is 0 Å². The van der Waals surface area contributed by atoms with Crippen molar-refractivity contribution in [2.24, 2.45) is 0 Å². The molecule has 4 aromatic rings. The minimum absolute atomic E-state index is 0.737. The molecule has 3 aromatic heterocycles. The van der Waals surface area contributed by atoms with E-state index in [0.29, 0.717) is 0 Å². The van der Waals surface area contributed by atoms with Gasteiger partial charge in [-0.2, -0.15) is 0 Å². The summed E-state index contributed by atoms with van der Waals surface area (Å²) in [6, 6.07) is 12.5. The minimum Gasteiger partial charge on any atom is -0.262 e. The Bertz CT molecular complexity index is 987. The predicted molar refractivity (Wildman–Crippen MR) is 91.6 cm³/mol. The number of aryl methyl sites for hydroxylation is 2. The van der Waals surface area contributed by atoms with Gasteiger partial charge in [0, 0.05) is 29.5 Å². The summed E-state index contributed by atoms with van der Waals surface area (Å²) < 4.78 is 1.81. The van der Waals surface area contributed by atoms with Crippen molar-refractivity contribution in [1.82, 2.24) is 19.7 Å². The van der Waals surface area contributed by atoms with Gasteiger partial charge in [-0.3, -0.25) is 4.98 Å². The Morgan fingerprint density at radius 3 is 2.61 bits per heavy atom. The molecule has 0 bridgehead atoms. The maximum absolute atomic E-state index is 4.51. The van der Waals surface area contributed by atoms with Gasteiger partial charge in [0.25, 0.3) is 0 Å². The van der Waals surface area contributed by atoms with Crippen molar-refractivity contribution in [3.8, 4) is 16.8 Å². The van der Waals surface area contributed by atoms with Gasteiger partial charge in [0.2, 0.25) is 0 Å². The first-order chi connectivity index (χ1) is 11.2. The molecule has 0 saturated carbocycles. The third-order valence-corrected chi connectivity index (χ3v) is 4.11. The number of nitrogens with zero attached hydrogens (tertiary/aromatic N) is 4. The largest absolute Gasteiger partial charge is 0.262 e. The van der Waals surface area contributed by atoms with Crippen LogP contribution in [-0.2, 0) is 0 Å². The highest BCUT2D eigenvalue weighted by atomic mass is 15.3. The lowest BCUT2D eigenvalue weighted by molar-refractivity contribution is 0.883. The zero-order valence-electron chi connectivity index (χ0n) is 13.1. The fourth-order valence-electron chi connectivity index (χ4n) is 2.62. The summed E-state index contributed by atoms with van der Waals surface area (Å²) in [5.74, 6) is 0. The van der Waals surface area contributed by atoms with Crippen LogP contribution in [0.1, 0.15) is 11.1 Å². The second-order valence-corrected chi connectivity index (χ2v) is 5.72. The molecule has 4 nitrogen and oxygen atoms in total. The van der Waals surface area contributed by atoms with Crippen LogP contribution in [0, 0.1) is 13.8 Å². The number of hydrogen-bond acceptors (Lipinski definition) is 3. The lowest BCUT2D eigenvalue weighted by Gasteiger charge is -2.05. The third-order valence-electron chi connectivity index (χ3n) is 4.11. The topological polar surface area (TPSA) is 43.6 Å². The molecule has 0 saturated heterocycles. The van der Waals surface area contributed by atoms with Crippen LogP contribution in [0.15, 0.2) is 61.2 Å². The SMILES string of the molecule is Cc1ccc(-c2cnc3nn(-c4cccnc4)cc3c2)cc1C. The summed E-state index contributed by atoms with van der Waals surface area (Å²) in [6.07, 6.45) is 7.41. The maximum atomic E-state index is 4.51. The highest BCUT2D eigenvalue weighted by Crippen LogP contribution is 2.24. The number of rotatable bonds is 2. The monoisotopic (exact) mass is 300 g/mol. The molecule has 23 heavy (non-hydrogen) atoms. The zero-order valence-corrected chi connectivity index (χ0v) is 13.1. The van der Waals surface area contributed by atoms with Crippen molar-refractivity contribution in [2.45, 2.75) is 13.8 Å². The van der Waals surface area contributed by atoms with E-state index in [9.17, 15) is 0 Å². The Morgan fingerprint density at radius 2 is 1.83 bits per heavy atom. The Hall–Kier alpha value is -3.01. The van der Waals surface area contributed by atoms with Gasteiger partial charge in [-0.15, -0.1) is 5.10 Å². The van der Waals surface area contributed by atoms with Crippen LogP contribution in [0.2, 0.25) is 0 Å². The van der Waals surface area contributed by atoms with Crippen molar-refractivity contribution in [3.63, 3.8) is 0 Å². The van der Waals surface area contributed by atoms with Crippen molar-refractivity contribution in [1.29, 1.82) is 0 Å². The van der Waals surface area contributed by atoms with Crippen molar-refractivity contribution in [3.05, 3.63) is 72.3 Å². The van der Waals surface area contributed by atoms with Gasteiger partial charge in [-0.25, -0.2) is 9.67 Å². The predicted octanol–water partition coefficient (Wildman–Crippen LogP) is 4.10. The first kappa shape index (κ1) is 13.6. The van der Waals surface area contributed by atoms with Gasteiger partial charge >= 0.3 is 0 Å². The maximum Gasteiger partial charge on any atom is 0.181 e. The second kappa shape index (κ2) is 5.32. The van der Waals surface area contributed by atoms with Crippen LogP contribution in [0.5, 0.6) is 0 Å². The minimum atomic E-state index is 0.737. The van der Waals surface area contributed by atoms with E-state index in [1.54, 1.807) is 12.4 Å². The molecule has 0 fully saturated rings. The standard InChI is InChI=1S/C19H16N4/c1-13-5-6-15(8-14(13)2)16-9-17-12-23(22-19(17)21-10-16)18-4-3-7-20-11-18/h3-12H,1-2H3. The zero-order chi connectivity index (χ0) is 15.8. The average Bonchev–Trinajstić information content (AvgIpc) is 3.01. The summed E-state index contributed by atoms with van der Waals surface area (Å²) in [6.45, 7) is 4.25. The molecule has 0 aliphatic heterocycles. The summed E-state index contributed by atoms with van der Waals surface area (Å²) in [5.41, 5.74) is 6.53. The molecule has 0 aliphatic carbocycles. The summed E-state index contributed by atoms with van der Waals surface area (Å²) in [7, 11) is 0. The number of fused-ring (bicyclic) bond motifs is 1. The van der Waals surface area contributed by atoms with Gasteiger partial charge < -0.3 is 0 Å². The molecule has 4 heteroatoms. The van der Waals surface area contributed by atoms with Crippen molar-refractivity contribution < 1.29 is 0 Å². The van der Waals surface area contributed by atoms with Gasteiger partial charge in [0.05, 0.1) is 11.9 Å². The molecule has 3 heterocycles. The van der Waals surface area contributed by atoms with Crippen LogP contribution in [0.3, 0.4) is 0 Å². The van der Waals surface area contributed by atoms with Crippen LogP contribution in [0.4, 0.5) is 0 Å². The first-order valence-electron chi connectivity index (χ1n) is 7.54. The molecule has 0 radical (unpaired) electrons. The van der Waals surface area contributed by atoms with E-state index >= 15 is 0 Å². The van der Waals surface area contributed by atoms with Gasteiger partial charge in [-0.1, -0.05) is 18.2 Å². The molecule has 112 valence electrons. The van der Waals surface area contributed by atoms with Gasteiger partial charge in [-0.05, 0) is 48.7 Å². The molecule has 0 amide bonds. The van der Waals surface area contributed by atoms with Crippen LogP contribution >= 0.6 is 0 Å². The van der Waals surface area contributed by atoms with Crippen molar-refractivity contribution >= 4 is 11.0 Å². The lowest BCUT2D eigenvalue weighted by Crippen LogP contribution is -1.94. The average molecular weight is 300 g/mol. The number of benzene rings is 1. The first-order valence-corrected chi connectivity index (χ1v) is 7.54. The van der Waals surface area contributed by atoms with Gasteiger partial charge in [0.1, 0.15) is 0 Å². The van der Waals surface area contributed by atoms with E-state index < -0.39 is 0 Å². The smallest absolute Gasteiger partial charge is 0.181 e. The number of aromatic nitrogens is 4. The van der Waals surface area contributed by atoms with E-state index in [2.05, 4.69) is 53.2 Å². The molecule has 0 spiro atoms. The molecular formula is C19H16N4. The Kier molecular flexibility index (Phi) is 3.15. The van der Waals surface area contributed by atoms with E-state index in [4.69, 9.17) is 0 Å². The molecule has 1 aromatic carbocycles. The fourth-order valence-corrected chi connectivity index (χ4v) is 2.62. The van der Waals surface area contributed by atoms with Crippen molar-refractivity contribution in [2.75, 3.05) is 0 Å². The fraction of sp³-hybridized carbons (Fsp3) is 0.105. The van der Waals surface area contributed by atoms with Crippen LogP contribution in [0.25, 0.3) is 27.8 Å². The Labute approximate surface area is 134 Å². The number of pyridine rings is 2. The Balaban J connectivity index is 1.80. The number of hydrogen-bond donors (Lipinski definition) is 0. The lowest BCUT2D eigenvalue weighted by atomic mass is 10.0. The highest BCUT2D eigenvalue weighted by Gasteiger charge is 2.07. The highest BCUT2D eigenvalue weighted by molar-refractivity contribution is 5.81. The molecule has 0 N–H and O–H groups in total. The molecule has 0 aliphatic rings. The molecule has 0 atom stereocenters. The summed E-state index contributed by atoms with van der Waals surface area (Å²) in [5, 5.41) is 5.53. The third kappa shape index (κ3) is 2.48. The Morgan fingerprint density at radius 1 is 0.913 bits per heavy atom. The van der Waals surface area contributed by atoms with Gasteiger partial charge in [0.15, 0.2) is 5.65 Å². The van der Waals surface area contributed by atoms with E-state index in [1.807, 2.05) is 29.2 Å². The molecule has 4 rings (SSSR count). The summed E-state index contributed by atoms with van der Waals surface area (Å²) in [4.78, 5) is 8.64. The summed E-state index contributed by atoms with van der Waals surface area (Å²) >= 11 is 0. The van der Waals surface area contributed by atoms with E-state index in [-0.39, 0.29) is 0 Å². The van der Waals surface area contributed by atoms with E-state index in [1.165, 1.54) is 16.7 Å². The van der Waals surface area contributed by atoms with Crippen LogP contribution in [-0.4, -0.2) is 19.7 Å². The second-order valence-electron chi connectivity index (χ2n) is 5.72. The molecular weight excluding hydrogens is 284 g/mol. The van der Waals surface area contributed by atoms with E-state index in [0.717, 1.165) is 22.3 Å². The molecule has 0 unspecified atom stereocenters. The quantitative estimate of drug-likeness (QED) is 0.560. The normalized spacial score (nSPS) is 11.0.